The third-order valence-corrected chi connectivity index (χ3v) is 3.92. The van der Waals surface area contributed by atoms with Crippen molar-refractivity contribution >= 4 is 5.91 Å². The van der Waals surface area contributed by atoms with Gasteiger partial charge in [0.25, 0.3) is 5.91 Å². The average Bonchev–Trinajstić information content (AvgIpc) is 2.63. The molecule has 0 spiro atoms. The van der Waals surface area contributed by atoms with E-state index >= 15 is 0 Å². The van der Waals surface area contributed by atoms with Gasteiger partial charge in [-0.15, -0.1) is 0 Å². The molecule has 3 aromatic rings. The van der Waals surface area contributed by atoms with Gasteiger partial charge in [0.15, 0.2) is 0 Å². The largest absolute Gasteiger partial charge is 0.506 e. The summed E-state index contributed by atoms with van der Waals surface area (Å²) >= 11 is 0. The van der Waals surface area contributed by atoms with Crippen LogP contribution in [0.5, 0.6) is 5.75 Å². The van der Waals surface area contributed by atoms with E-state index in [9.17, 15) is 14.3 Å². The molecular weight excluding hydrogens is 319 g/mol. The van der Waals surface area contributed by atoms with Gasteiger partial charge >= 0.3 is 0 Å². The van der Waals surface area contributed by atoms with Crippen molar-refractivity contribution in [2.75, 3.05) is 0 Å². The van der Waals surface area contributed by atoms with E-state index in [0.29, 0.717) is 0 Å². The molecule has 2 aromatic carbocycles. The average molecular weight is 336 g/mol. The van der Waals surface area contributed by atoms with E-state index in [4.69, 9.17) is 0 Å². The third kappa shape index (κ3) is 3.66. The lowest BCUT2D eigenvalue weighted by Crippen LogP contribution is -2.26. The van der Waals surface area contributed by atoms with E-state index in [1.165, 1.54) is 24.4 Å². The molecule has 0 saturated carbocycles. The molecule has 2 N–H and O–H groups in total. The molecular formula is C20H17FN2O2. The number of carbonyl (C=O) groups is 1. The van der Waals surface area contributed by atoms with Crippen LogP contribution in [0.1, 0.15) is 28.9 Å². The Kier molecular flexibility index (Phi) is 4.75. The Labute approximate surface area is 145 Å². The van der Waals surface area contributed by atoms with E-state index in [1.807, 2.05) is 37.3 Å². The minimum absolute atomic E-state index is 0.115. The highest BCUT2D eigenvalue weighted by Gasteiger charge is 2.16. The Morgan fingerprint density at radius 3 is 2.56 bits per heavy atom. The van der Waals surface area contributed by atoms with Gasteiger partial charge in [-0.2, -0.15) is 0 Å². The number of nitrogens with zero attached hydrogens (tertiary/aromatic N) is 1. The van der Waals surface area contributed by atoms with Crippen molar-refractivity contribution in [3.63, 3.8) is 0 Å². The Balaban J connectivity index is 1.81. The summed E-state index contributed by atoms with van der Waals surface area (Å²) in [5, 5.41) is 12.6. The molecule has 1 atom stereocenters. The molecule has 1 amide bonds. The van der Waals surface area contributed by atoms with Gasteiger partial charge in [-0.3, -0.25) is 9.78 Å². The molecule has 0 saturated heterocycles. The van der Waals surface area contributed by atoms with Crippen LogP contribution in [0.2, 0.25) is 0 Å². The van der Waals surface area contributed by atoms with Crippen LogP contribution in [0.15, 0.2) is 66.9 Å². The number of amides is 1. The summed E-state index contributed by atoms with van der Waals surface area (Å²) in [7, 11) is 0. The van der Waals surface area contributed by atoms with Crippen molar-refractivity contribution in [2.45, 2.75) is 13.0 Å². The van der Waals surface area contributed by atoms with Crippen molar-refractivity contribution in [1.82, 2.24) is 10.3 Å². The molecule has 1 unspecified atom stereocenters. The van der Waals surface area contributed by atoms with Crippen LogP contribution in [0, 0.1) is 5.82 Å². The number of aromatic nitrogens is 1. The first-order valence-corrected chi connectivity index (χ1v) is 7.86. The van der Waals surface area contributed by atoms with Crippen LogP contribution in [0.4, 0.5) is 4.39 Å². The van der Waals surface area contributed by atoms with E-state index < -0.39 is 5.82 Å². The summed E-state index contributed by atoms with van der Waals surface area (Å²) in [5.41, 5.74) is 1.46. The van der Waals surface area contributed by atoms with Crippen LogP contribution in [-0.2, 0) is 0 Å². The van der Waals surface area contributed by atoms with E-state index in [1.54, 1.807) is 6.07 Å². The number of carbonyl (C=O) groups excluding carboxylic acids is 1. The smallest absolute Gasteiger partial charge is 0.251 e. The quantitative estimate of drug-likeness (QED) is 0.754. The van der Waals surface area contributed by atoms with Crippen molar-refractivity contribution in [1.29, 1.82) is 0 Å². The summed E-state index contributed by atoms with van der Waals surface area (Å²) in [5.74, 6) is -1.10. The van der Waals surface area contributed by atoms with Crippen molar-refractivity contribution < 1.29 is 14.3 Å². The lowest BCUT2D eigenvalue weighted by Gasteiger charge is -2.14. The van der Waals surface area contributed by atoms with Crippen LogP contribution in [0.25, 0.3) is 11.3 Å². The molecule has 0 aliphatic rings. The maximum absolute atomic E-state index is 14.4. The van der Waals surface area contributed by atoms with Gasteiger partial charge in [0.2, 0.25) is 0 Å². The number of benzene rings is 2. The highest BCUT2D eigenvalue weighted by atomic mass is 19.1. The number of aromatic hydroxyl groups is 1. The molecule has 126 valence electrons. The maximum atomic E-state index is 14.4. The minimum atomic E-state index is -0.617. The lowest BCUT2D eigenvalue weighted by molar-refractivity contribution is 0.0939. The molecule has 25 heavy (non-hydrogen) atoms. The van der Waals surface area contributed by atoms with Gasteiger partial charge in [-0.05, 0) is 42.8 Å². The van der Waals surface area contributed by atoms with E-state index in [0.717, 1.165) is 11.6 Å². The fourth-order valence-electron chi connectivity index (χ4n) is 2.56. The Morgan fingerprint density at radius 2 is 1.88 bits per heavy atom. The topological polar surface area (TPSA) is 62.2 Å². The summed E-state index contributed by atoms with van der Waals surface area (Å²) in [6.45, 7) is 1.86. The van der Waals surface area contributed by atoms with Crippen LogP contribution in [-0.4, -0.2) is 16.0 Å². The van der Waals surface area contributed by atoms with Gasteiger partial charge in [0.1, 0.15) is 17.3 Å². The number of hydrogen-bond donors (Lipinski definition) is 2. The highest BCUT2D eigenvalue weighted by molar-refractivity contribution is 5.95. The Hall–Kier alpha value is -3.21. The molecule has 5 heteroatoms. The number of pyridine rings is 1. The first-order valence-electron chi connectivity index (χ1n) is 7.86. The molecule has 1 aromatic heterocycles. The predicted octanol–water partition coefficient (Wildman–Crippen LogP) is 4.08. The molecule has 4 nitrogen and oxygen atoms in total. The molecule has 3 rings (SSSR count). The second-order valence-electron chi connectivity index (χ2n) is 5.67. The summed E-state index contributed by atoms with van der Waals surface area (Å²) in [6.07, 6.45) is 1.47. The molecule has 0 aliphatic carbocycles. The minimum Gasteiger partial charge on any atom is -0.506 e. The van der Waals surface area contributed by atoms with Gasteiger partial charge in [-0.1, -0.05) is 30.3 Å². The normalized spacial score (nSPS) is 11.8. The Bertz CT molecular complexity index is 897. The zero-order chi connectivity index (χ0) is 17.8. The number of halogens is 1. The molecule has 0 fully saturated rings. The second-order valence-corrected chi connectivity index (χ2v) is 5.67. The van der Waals surface area contributed by atoms with Crippen LogP contribution < -0.4 is 5.32 Å². The molecule has 1 heterocycles. The second kappa shape index (κ2) is 7.13. The molecule has 0 radical (unpaired) electrons. The van der Waals surface area contributed by atoms with E-state index in [2.05, 4.69) is 10.3 Å². The predicted molar refractivity (Wildman–Crippen MR) is 93.6 cm³/mol. The van der Waals surface area contributed by atoms with E-state index in [-0.39, 0.29) is 34.5 Å². The van der Waals surface area contributed by atoms with Crippen LogP contribution in [0.3, 0.4) is 0 Å². The molecule has 0 aliphatic heterocycles. The monoisotopic (exact) mass is 336 g/mol. The van der Waals surface area contributed by atoms with Crippen molar-refractivity contribution in [3.8, 4) is 17.0 Å². The third-order valence-electron chi connectivity index (χ3n) is 3.92. The summed E-state index contributed by atoms with van der Waals surface area (Å²) < 4.78 is 14.4. The summed E-state index contributed by atoms with van der Waals surface area (Å²) in [6, 6.07) is 16.4. The fraction of sp³-hybridized carbons (Fsp3) is 0.100. The number of nitrogens with one attached hydrogen (secondary N) is 1. The summed E-state index contributed by atoms with van der Waals surface area (Å²) in [4.78, 5) is 16.3. The van der Waals surface area contributed by atoms with Crippen molar-refractivity contribution in [2.24, 2.45) is 0 Å². The number of hydrogen-bond acceptors (Lipinski definition) is 3. The van der Waals surface area contributed by atoms with Gasteiger partial charge in [-0.25, -0.2) is 4.39 Å². The number of rotatable bonds is 4. The first-order chi connectivity index (χ1) is 12.1. The SMILES string of the molecule is CC(NC(=O)c1ccc(-c2ncccc2O)c(F)c1)c1ccccc1. The first kappa shape index (κ1) is 16.6. The van der Waals surface area contributed by atoms with Crippen molar-refractivity contribution in [3.05, 3.63) is 83.8 Å². The van der Waals surface area contributed by atoms with Crippen LogP contribution >= 0.6 is 0 Å². The maximum Gasteiger partial charge on any atom is 0.251 e. The van der Waals surface area contributed by atoms with Gasteiger partial charge in [0, 0.05) is 17.3 Å². The zero-order valence-electron chi connectivity index (χ0n) is 13.6. The van der Waals surface area contributed by atoms with Gasteiger partial charge in [0.05, 0.1) is 6.04 Å². The van der Waals surface area contributed by atoms with Gasteiger partial charge < -0.3 is 10.4 Å². The highest BCUT2D eigenvalue weighted by Crippen LogP contribution is 2.29. The Morgan fingerprint density at radius 1 is 1.12 bits per heavy atom. The lowest BCUT2D eigenvalue weighted by atomic mass is 10.0. The standard InChI is InChI=1S/C20H17FN2O2/c1-13(14-6-3-2-4-7-14)23-20(25)15-9-10-16(17(21)12-15)19-18(24)8-5-11-22-19/h2-13,24H,1H3,(H,23,25). The fourth-order valence-corrected chi connectivity index (χ4v) is 2.56. The molecule has 0 bridgehead atoms. The zero-order valence-corrected chi connectivity index (χ0v) is 13.6.